The van der Waals surface area contributed by atoms with Crippen LogP contribution in [0.2, 0.25) is 0 Å². The van der Waals surface area contributed by atoms with Crippen LogP contribution < -0.4 is 0 Å². The first kappa shape index (κ1) is 16.1. The Hall–Kier alpha value is -2.30. The van der Waals surface area contributed by atoms with Crippen LogP contribution in [0.25, 0.3) is 10.9 Å². The Labute approximate surface area is 129 Å². The van der Waals surface area contributed by atoms with Crippen molar-refractivity contribution in [3.05, 3.63) is 36.0 Å². The number of para-hydroxylation sites is 1. The van der Waals surface area contributed by atoms with E-state index in [2.05, 4.69) is 4.98 Å². The normalized spacial score (nSPS) is 10.8. The van der Waals surface area contributed by atoms with Crippen LogP contribution in [0.15, 0.2) is 30.5 Å². The van der Waals surface area contributed by atoms with Gasteiger partial charge in [-0.1, -0.05) is 18.2 Å². The number of unbranched alkanes of at least 4 members (excludes halogenated alkanes) is 1. The van der Waals surface area contributed by atoms with Crippen molar-refractivity contribution in [2.45, 2.75) is 39.2 Å². The largest absolute Gasteiger partial charge is 0.481 e. The van der Waals surface area contributed by atoms with Gasteiger partial charge in [0.05, 0.1) is 0 Å². The molecular weight excluding hydrogens is 280 g/mol. The van der Waals surface area contributed by atoms with Gasteiger partial charge < -0.3 is 15.0 Å². The van der Waals surface area contributed by atoms with E-state index < -0.39 is 5.97 Å². The molecule has 22 heavy (non-hydrogen) atoms. The Morgan fingerprint density at radius 3 is 2.64 bits per heavy atom. The number of hydrogen-bond donors (Lipinski definition) is 2. The number of nitrogens with zero attached hydrogens (tertiary/aromatic N) is 1. The Bertz CT molecular complexity index is 648. The van der Waals surface area contributed by atoms with E-state index in [1.807, 2.05) is 42.3 Å². The number of H-pyrrole nitrogens is 1. The van der Waals surface area contributed by atoms with Crippen LogP contribution in [0.4, 0.5) is 0 Å². The summed E-state index contributed by atoms with van der Waals surface area (Å²) in [5.74, 6) is -0.725. The summed E-state index contributed by atoms with van der Waals surface area (Å²) in [5.41, 5.74) is 2.18. The second kappa shape index (κ2) is 7.64. The number of carbonyl (C=O) groups excluding carboxylic acids is 1. The van der Waals surface area contributed by atoms with E-state index in [0.29, 0.717) is 32.4 Å². The lowest BCUT2D eigenvalue weighted by atomic mass is 10.1. The minimum Gasteiger partial charge on any atom is -0.481 e. The summed E-state index contributed by atoms with van der Waals surface area (Å²) in [6.07, 6.45) is 3.65. The van der Waals surface area contributed by atoms with Crippen molar-refractivity contribution in [3.63, 3.8) is 0 Å². The number of carboxylic acid groups (broad SMARTS) is 1. The van der Waals surface area contributed by atoms with Crippen LogP contribution >= 0.6 is 0 Å². The molecule has 0 saturated carbocycles. The molecule has 0 radical (unpaired) electrons. The fourth-order valence-electron chi connectivity index (χ4n) is 2.55. The first-order valence-corrected chi connectivity index (χ1v) is 7.66. The van der Waals surface area contributed by atoms with Crippen LogP contribution in [-0.2, 0) is 16.1 Å². The summed E-state index contributed by atoms with van der Waals surface area (Å²) in [4.78, 5) is 27.8. The summed E-state index contributed by atoms with van der Waals surface area (Å²) in [6.45, 7) is 3.19. The SMILES string of the molecule is CCN(Cc1c[nH]c2ccccc12)C(=O)CCCCC(=O)O. The zero-order valence-corrected chi connectivity index (χ0v) is 12.8. The maximum atomic E-state index is 12.2. The van der Waals surface area contributed by atoms with Gasteiger partial charge in [0.2, 0.25) is 5.91 Å². The molecule has 1 aromatic carbocycles. The first-order chi connectivity index (χ1) is 10.6. The maximum absolute atomic E-state index is 12.2. The third-order valence-electron chi connectivity index (χ3n) is 3.80. The Morgan fingerprint density at radius 2 is 1.91 bits per heavy atom. The zero-order valence-electron chi connectivity index (χ0n) is 12.8. The summed E-state index contributed by atoms with van der Waals surface area (Å²) in [6, 6.07) is 8.03. The molecule has 0 bridgehead atoms. The molecule has 2 aromatic rings. The van der Waals surface area contributed by atoms with Gasteiger partial charge in [-0.05, 0) is 31.4 Å². The summed E-state index contributed by atoms with van der Waals surface area (Å²) < 4.78 is 0. The zero-order chi connectivity index (χ0) is 15.9. The van der Waals surface area contributed by atoms with E-state index in [1.54, 1.807) is 0 Å². The standard InChI is InChI=1S/C17H22N2O3/c1-2-19(16(20)9-5-6-10-17(21)22)12-13-11-18-15-8-4-3-7-14(13)15/h3-4,7-8,11,18H,2,5-6,9-10,12H2,1H3,(H,21,22). The predicted octanol–water partition coefficient (Wildman–Crippen LogP) is 3.16. The van der Waals surface area contributed by atoms with Crippen LogP contribution in [0, 0.1) is 0 Å². The molecule has 2 N–H and O–H groups in total. The van der Waals surface area contributed by atoms with Crippen LogP contribution in [0.3, 0.4) is 0 Å². The van der Waals surface area contributed by atoms with E-state index >= 15 is 0 Å². The number of aromatic nitrogens is 1. The van der Waals surface area contributed by atoms with Gasteiger partial charge in [-0.3, -0.25) is 9.59 Å². The van der Waals surface area contributed by atoms with Crippen molar-refractivity contribution in [1.29, 1.82) is 0 Å². The Balaban J connectivity index is 1.93. The third kappa shape index (κ3) is 4.10. The topological polar surface area (TPSA) is 73.4 Å². The molecule has 0 atom stereocenters. The number of aromatic amines is 1. The van der Waals surface area contributed by atoms with E-state index in [-0.39, 0.29) is 12.3 Å². The Kier molecular flexibility index (Phi) is 5.58. The van der Waals surface area contributed by atoms with Crippen LogP contribution in [0.5, 0.6) is 0 Å². The highest BCUT2D eigenvalue weighted by Crippen LogP contribution is 2.19. The summed E-state index contributed by atoms with van der Waals surface area (Å²) >= 11 is 0. The molecule has 0 aliphatic carbocycles. The summed E-state index contributed by atoms with van der Waals surface area (Å²) in [7, 11) is 0. The first-order valence-electron chi connectivity index (χ1n) is 7.66. The van der Waals surface area contributed by atoms with Gasteiger partial charge in [-0.2, -0.15) is 0 Å². The van der Waals surface area contributed by atoms with Crippen molar-refractivity contribution in [1.82, 2.24) is 9.88 Å². The van der Waals surface area contributed by atoms with Crippen molar-refractivity contribution in [2.75, 3.05) is 6.54 Å². The number of benzene rings is 1. The highest BCUT2D eigenvalue weighted by molar-refractivity contribution is 5.84. The summed E-state index contributed by atoms with van der Waals surface area (Å²) in [5, 5.41) is 9.75. The molecule has 0 fully saturated rings. The molecule has 5 heteroatoms. The lowest BCUT2D eigenvalue weighted by Gasteiger charge is -2.20. The second-order valence-corrected chi connectivity index (χ2v) is 5.37. The molecule has 1 aromatic heterocycles. The van der Waals surface area contributed by atoms with Crippen molar-refractivity contribution in [3.8, 4) is 0 Å². The monoisotopic (exact) mass is 302 g/mol. The van der Waals surface area contributed by atoms with Crippen molar-refractivity contribution < 1.29 is 14.7 Å². The van der Waals surface area contributed by atoms with Crippen molar-refractivity contribution >= 4 is 22.8 Å². The van der Waals surface area contributed by atoms with E-state index in [9.17, 15) is 9.59 Å². The smallest absolute Gasteiger partial charge is 0.303 e. The van der Waals surface area contributed by atoms with Gasteiger partial charge in [0.25, 0.3) is 0 Å². The predicted molar refractivity (Wildman–Crippen MR) is 85.5 cm³/mol. The average Bonchev–Trinajstić information content (AvgIpc) is 2.92. The van der Waals surface area contributed by atoms with Gasteiger partial charge in [0.1, 0.15) is 0 Å². The fraction of sp³-hybridized carbons (Fsp3) is 0.412. The molecular formula is C17H22N2O3. The van der Waals surface area contributed by atoms with Gasteiger partial charge in [0, 0.05) is 43.0 Å². The van der Waals surface area contributed by atoms with Crippen LogP contribution in [-0.4, -0.2) is 33.4 Å². The van der Waals surface area contributed by atoms with Crippen molar-refractivity contribution in [2.24, 2.45) is 0 Å². The molecule has 0 aliphatic heterocycles. The van der Waals surface area contributed by atoms with Gasteiger partial charge in [-0.25, -0.2) is 0 Å². The minimum atomic E-state index is -0.807. The Morgan fingerprint density at radius 1 is 1.18 bits per heavy atom. The number of hydrogen-bond acceptors (Lipinski definition) is 2. The number of amides is 1. The van der Waals surface area contributed by atoms with E-state index in [1.165, 1.54) is 0 Å². The number of carboxylic acids is 1. The maximum Gasteiger partial charge on any atom is 0.303 e. The number of aliphatic carboxylic acids is 1. The lowest BCUT2D eigenvalue weighted by Crippen LogP contribution is -2.30. The van der Waals surface area contributed by atoms with E-state index in [4.69, 9.17) is 5.11 Å². The minimum absolute atomic E-state index is 0.0816. The molecule has 0 spiro atoms. The highest BCUT2D eigenvalue weighted by atomic mass is 16.4. The van der Waals surface area contributed by atoms with Gasteiger partial charge in [-0.15, -0.1) is 0 Å². The second-order valence-electron chi connectivity index (χ2n) is 5.37. The molecule has 5 nitrogen and oxygen atoms in total. The fourth-order valence-corrected chi connectivity index (χ4v) is 2.55. The average molecular weight is 302 g/mol. The molecule has 1 amide bonds. The van der Waals surface area contributed by atoms with Crippen LogP contribution in [0.1, 0.15) is 38.2 Å². The molecule has 0 aliphatic rings. The molecule has 0 saturated heterocycles. The lowest BCUT2D eigenvalue weighted by molar-refractivity contribution is -0.137. The highest BCUT2D eigenvalue weighted by Gasteiger charge is 2.14. The van der Waals surface area contributed by atoms with E-state index in [0.717, 1.165) is 16.5 Å². The number of carbonyl (C=O) groups is 2. The number of fused-ring (bicyclic) bond motifs is 1. The number of nitrogens with one attached hydrogen (secondary N) is 1. The number of rotatable bonds is 8. The quantitative estimate of drug-likeness (QED) is 0.736. The molecule has 2 rings (SSSR count). The van der Waals surface area contributed by atoms with Gasteiger partial charge >= 0.3 is 5.97 Å². The van der Waals surface area contributed by atoms with Gasteiger partial charge in [0.15, 0.2) is 0 Å². The third-order valence-corrected chi connectivity index (χ3v) is 3.80. The molecule has 1 heterocycles. The molecule has 118 valence electrons. The molecule has 0 unspecified atom stereocenters.